The fraction of sp³-hybridized carbons (Fsp3) is 0.208. The van der Waals surface area contributed by atoms with Crippen LogP contribution >= 0.6 is 34.7 Å². The van der Waals surface area contributed by atoms with Gasteiger partial charge in [0.25, 0.3) is 5.91 Å². The third-order valence-electron chi connectivity index (χ3n) is 5.07. The van der Waals surface area contributed by atoms with Gasteiger partial charge < -0.3 is 15.2 Å². The number of nitrogens with one attached hydrogen (secondary N) is 2. The number of halogens is 1. The van der Waals surface area contributed by atoms with Gasteiger partial charge in [-0.05, 0) is 26.0 Å². The Morgan fingerprint density at radius 1 is 1.11 bits per heavy atom. The summed E-state index contributed by atoms with van der Waals surface area (Å²) in [5.74, 6) is 0.277. The van der Waals surface area contributed by atoms with Crippen molar-refractivity contribution in [3.8, 4) is 11.3 Å². The monoisotopic (exact) mass is 526 g/mol. The molecular formula is C24H23ClN6O2S2. The molecule has 0 bridgehead atoms. The lowest BCUT2D eigenvalue weighted by Crippen LogP contribution is -2.29. The highest BCUT2D eigenvalue weighted by atomic mass is 35.5. The van der Waals surface area contributed by atoms with E-state index in [4.69, 9.17) is 11.6 Å². The van der Waals surface area contributed by atoms with Crippen LogP contribution in [0.25, 0.3) is 11.3 Å². The Morgan fingerprint density at radius 2 is 1.86 bits per heavy atom. The number of benzene rings is 2. The average Bonchev–Trinajstić information content (AvgIpc) is 3.50. The van der Waals surface area contributed by atoms with E-state index in [-0.39, 0.29) is 17.6 Å². The molecule has 11 heteroatoms. The van der Waals surface area contributed by atoms with Crippen molar-refractivity contribution in [1.82, 2.24) is 25.1 Å². The van der Waals surface area contributed by atoms with Crippen LogP contribution in [-0.2, 0) is 11.3 Å². The number of carbonyl (C=O) groups excluding carboxylic acids is 2. The molecule has 2 heterocycles. The standard InChI is InChI=1S/C24H23ClN6O2S2/c1-3-31-21(15(2)26-22(33)17-11-7-8-12-18(17)25)29-30-24(31)35-14-20(32)28-23-27-19(13-34-23)16-9-5-4-6-10-16/h4-13,15H,3,14H2,1-2H3,(H,26,33)(H,27,28,32)/t15-/m1/s1. The summed E-state index contributed by atoms with van der Waals surface area (Å²) in [6, 6.07) is 16.3. The Hall–Kier alpha value is -3.21. The highest BCUT2D eigenvalue weighted by molar-refractivity contribution is 7.99. The minimum absolute atomic E-state index is 0.152. The van der Waals surface area contributed by atoms with Crippen LogP contribution in [0.5, 0.6) is 0 Å². The molecule has 2 amide bonds. The first-order chi connectivity index (χ1) is 17.0. The highest BCUT2D eigenvalue weighted by Gasteiger charge is 2.21. The van der Waals surface area contributed by atoms with Gasteiger partial charge in [-0.2, -0.15) is 0 Å². The molecule has 0 aliphatic carbocycles. The largest absolute Gasteiger partial charge is 0.342 e. The molecule has 0 fully saturated rings. The Labute approximate surface area is 216 Å². The molecule has 0 unspecified atom stereocenters. The van der Waals surface area contributed by atoms with Crippen molar-refractivity contribution in [3.05, 3.63) is 76.4 Å². The number of hydrogen-bond acceptors (Lipinski definition) is 7. The van der Waals surface area contributed by atoms with Crippen molar-refractivity contribution in [2.45, 2.75) is 31.6 Å². The summed E-state index contributed by atoms with van der Waals surface area (Å²) in [6.07, 6.45) is 0. The Bertz CT molecular complexity index is 1320. The molecule has 0 aliphatic heterocycles. The van der Waals surface area contributed by atoms with Crippen molar-refractivity contribution in [2.75, 3.05) is 11.1 Å². The summed E-state index contributed by atoms with van der Waals surface area (Å²) in [5.41, 5.74) is 2.21. The lowest BCUT2D eigenvalue weighted by atomic mass is 10.2. The molecule has 4 rings (SSSR count). The Morgan fingerprint density at radius 3 is 2.60 bits per heavy atom. The van der Waals surface area contributed by atoms with Crippen LogP contribution in [0.2, 0.25) is 5.02 Å². The van der Waals surface area contributed by atoms with Gasteiger partial charge in [0.05, 0.1) is 28.1 Å². The van der Waals surface area contributed by atoms with Crippen LogP contribution in [0, 0.1) is 0 Å². The molecule has 35 heavy (non-hydrogen) atoms. The van der Waals surface area contributed by atoms with E-state index in [1.807, 2.05) is 54.1 Å². The molecule has 2 aromatic heterocycles. The minimum atomic E-state index is -0.402. The average molecular weight is 527 g/mol. The summed E-state index contributed by atoms with van der Waals surface area (Å²) in [7, 11) is 0. The maximum atomic E-state index is 12.6. The zero-order valence-corrected chi connectivity index (χ0v) is 21.5. The number of anilines is 1. The van der Waals surface area contributed by atoms with Crippen molar-refractivity contribution >= 4 is 51.6 Å². The van der Waals surface area contributed by atoms with Crippen LogP contribution in [0.15, 0.2) is 65.1 Å². The van der Waals surface area contributed by atoms with Crippen molar-refractivity contribution in [1.29, 1.82) is 0 Å². The summed E-state index contributed by atoms with van der Waals surface area (Å²) in [4.78, 5) is 29.6. The summed E-state index contributed by atoms with van der Waals surface area (Å²) >= 11 is 8.79. The molecule has 8 nitrogen and oxygen atoms in total. The summed E-state index contributed by atoms with van der Waals surface area (Å²) < 4.78 is 1.88. The second-order valence-corrected chi connectivity index (χ2v) is 9.71. The summed E-state index contributed by atoms with van der Waals surface area (Å²) in [6.45, 7) is 4.38. The van der Waals surface area contributed by atoms with E-state index in [1.54, 1.807) is 24.3 Å². The molecule has 1 atom stereocenters. The molecule has 2 N–H and O–H groups in total. The van der Waals surface area contributed by atoms with Crippen molar-refractivity contribution in [3.63, 3.8) is 0 Å². The predicted octanol–water partition coefficient (Wildman–Crippen LogP) is 5.30. The van der Waals surface area contributed by atoms with Gasteiger partial charge in [-0.15, -0.1) is 21.5 Å². The number of hydrogen-bond donors (Lipinski definition) is 2. The second kappa shape index (κ2) is 11.5. The van der Waals surface area contributed by atoms with E-state index in [0.29, 0.717) is 33.2 Å². The molecule has 4 aromatic rings. The number of nitrogens with zero attached hydrogens (tertiary/aromatic N) is 4. The molecule has 0 saturated heterocycles. The second-order valence-electron chi connectivity index (χ2n) is 7.50. The van der Waals surface area contributed by atoms with Crippen LogP contribution < -0.4 is 10.6 Å². The van der Waals surface area contributed by atoms with E-state index in [9.17, 15) is 9.59 Å². The third-order valence-corrected chi connectivity index (χ3v) is 7.12. The van der Waals surface area contributed by atoms with Gasteiger partial charge in [0.2, 0.25) is 5.91 Å². The lowest BCUT2D eigenvalue weighted by Gasteiger charge is -2.15. The van der Waals surface area contributed by atoms with E-state index < -0.39 is 6.04 Å². The molecule has 2 aromatic carbocycles. The van der Waals surface area contributed by atoms with Crippen LogP contribution in [0.1, 0.15) is 36.1 Å². The number of thioether (sulfide) groups is 1. The fourth-order valence-electron chi connectivity index (χ4n) is 3.37. The van der Waals surface area contributed by atoms with E-state index >= 15 is 0 Å². The SMILES string of the molecule is CCn1c(SCC(=O)Nc2nc(-c3ccccc3)cs2)nnc1[C@@H](C)NC(=O)c1ccccc1Cl. The predicted molar refractivity (Wildman–Crippen MR) is 140 cm³/mol. The van der Waals surface area contributed by atoms with Crippen molar-refractivity contribution < 1.29 is 9.59 Å². The van der Waals surface area contributed by atoms with Crippen LogP contribution in [0.3, 0.4) is 0 Å². The third kappa shape index (κ3) is 6.08. The molecule has 0 spiro atoms. The number of amides is 2. The first kappa shape index (κ1) is 24.9. The quantitative estimate of drug-likeness (QED) is 0.287. The number of aromatic nitrogens is 4. The maximum Gasteiger partial charge on any atom is 0.253 e. The number of carbonyl (C=O) groups is 2. The van der Waals surface area contributed by atoms with Gasteiger partial charge in [-0.3, -0.25) is 9.59 Å². The number of rotatable bonds is 9. The van der Waals surface area contributed by atoms with Gasteiger partial charge in [-0.1, -0.05) is 65.8 Å². The summed E-state index contributed by atoms with van der Waals surface area (Å²) in [5, 5.41) is 17.7. The molecule has 0 radical (unpaired) electrons. The van der Waals surface area contributed by atoms with Gasteiger partial charge in [0.15, 0.2) is 16.1 Å². The zero-order chi connectivity index (χ0) is 24.8. The molecular weight excluding hydrogens is 504 g/mol. The first-order valence-corrected chi connectivity index (χ1v) is 13.1. The van der Waals surface area contributed by atoms with E-state index in [1.165, 1.54) is 23.1 Å². The fourth-order valence-corrected chi connectivity index (χ4v) is 5.13. The smallest absolute Gasteiger partial charge is 0.253 e. The molecule has 180 valence electrons. The normalized spacial score (nSPS) is 11.7. The zero-order valence-electron chi connectivity index (χ0n) is 19.1. The number of thiazole rings is 1. The molecule has 0 aliphatic rings. The Kier molecular flexibility index (Phi) is 8.17. The Balaban J connectivity index is 1.36. The van der Waals surface area contributed by atoms with Crippen LogP contribution in [-0.4, -0.2) is 37.3 Å². The van der Waals surface area contributed by atoms with Gasteiger partial charge in [-0.25, -0.2) is 4.98 Å². The van der Waals surface area contributed by atoms with E-state index in [2.05, 4.69) is 25.8 Å². The topological polar surface area (TPSA) is 102 Å². The van der Waals surface area contributed by atoms with Crippen molar-refractivity contribution in [2.24, 2.45) is 0 Å². The molecule has 0 saturated carbocycles. The highest BCUT2D eigenvalue weighted by Crippen LogP contribution is 2.26. The maximum absolute atomic E-state index is 12.6. The van der Waals surface area contributed by atoms with Crippen LogP contribution in [0.4, 0.5) is 5.13 Å². The van der Waals surface area contributed by atoms with Gasteiger partial charge in [0.1, 0.15) is 0 Å². The van der Waals surface area contributed by atoms with Gasteiger partial charge >= 0.3 is 0 Å². The van der Waals surface area contributed by atoms with E-state index in [0.717, 1.165) is 11.3 Å². The van der Waals surface area contributed by atoms with Gasteiger partial charge in [0, 0.05) is 17.5 Å². The lowest BCUT2D eigenvalue weighted by molar-refractivity contribution is -0.113. The minimum Gasteiger partial charge on any atom is -0.342 e. The first-order valence-electron chi connectivity index (χ1n) is 10.9.